The maximum Gasteiger partial charge on any atom is 0.525 e. The van der Waals surface area contributed by atoms with Gasteiger partial charge in [0.1, 0.15) is 5.67 Å². The van der Waals surface area contributed by atoms with Crippen molar-refractivity contribution in [3.8, 4) is 0 Å². The smallest absolute Gasteiger partial charge is 0.376 e. The Labute approximate surface area is 111 Å². The highest BCUT2D eigenvalue weighted by molar-refractivity contribution is 6.63. The SMILES string of the molecule is C=C(C1CCCCC1)N1CC1[Si](OC)(OC)OC. The van der Waals surface area contributed by atoms with Crippen molar-refractivity contribution in [3.05, 3.63) is 12.3 Å². The van der Waals surface area contributed by atoms with Gasteiger partial charge in [0.2, 0.25) is 0 Å². The Morgan fingerprint density at radius 1 is 1.06 bits per heavy atom. The van der Waals surface area contributed by atoms with Crippen LogP contribution in [0.15, 0.2) is 12.3 Å². The molecule has 1 saturated heterocycles. The van der Waals surface area contributed by atoms with Crippen LogP contribution in [0.4, 0.5) is 0 Å². The van der Waals surface area contributed by atoms with E-state index in [4.69, 9.17) is 13.3 Å². The molecule has 0 aromatic heterocycles. The summed E-state index contributed by atoms with van der Waals surface area (Å²) in [5, 5.41) is 0. The highest BCUT2D eigenvalue weighted by Crippen LogP contribution is 2.39. The lowest BCUT2D eigenvalue weighted by molar-refractivity contribution is 0.117. The first kappa shape index (κ1) is 14.1. The van der Waals surface area contributed by atoms with Crippen molar-refractivity contribution in [2.24, 2.45) is 5.92 Å². The first-order valence-corrected chi connectivity index (χ1v) is 8.59. The molecule has 18 heavy (non-hydrogen) atoms. The summed E-state index contributed by atoms with van der Waals surface area (Å²) in [6.07, 6.45) is 6.61. The summed E-state index contributed by atoms with van der Waals surface area (Å²) < 4.78 is 16.6. The predicted molar refractivity (Wildman–Crippen MR) is 73.0 cm³/mol. The third-order valence-electron chi connectivity index (χ3n) is 4.32. The molecule has 2 fully saturated rings. The molecule has 0 aromatic carbocycles. The number of rotatable bonds is 6. The van der Waals surface area contributed by atoms with Crippen LogP contribution in [0.25, 0.3) is 0 Å². The number of allylic oxidation sites excluding steroid dienone is 1. The largest absolute Gasteiger partial charge is 0.525 e. The Morgan fingerprint density at radius 2 is 1.61 bits per heavy atom. The Balaban J connectivity index is 1.95. The topological polar surface area (TPSA) is 30.7 Å². The van der Waals surface area contributed by atoms with Crippen LogP contribution >= 0.6 is 0 Å². The van der Waals surface area contributed by atoms with Crippen molar-refractivity contribution < 1.29 is 13.3 Å². The molecule has 0 spiro atoms. The van der Waals surface area contributed by atoms with Crippen molar-refractivity contribution in [1.29, 1.82) is 0 Å². The Bertz CT molecular complexity index is 292. The fourth-order valence-corrected chi connectivity index (χ4v) is 5.37. The van der Waals surface area contributed by atoms with Crippen LogP contribution in [0, 0.1) is 5.92 Å². The van der Waals surface area contributed by atoms with E-state index < -0.39 is 8.80 Å². The van der Waals surface area contributed by atoms with E-state index in [1.807, 2.05) is 0 Å². The number of hydrogen-bond donors (Lipinski definition) is 0. The molecule has 1 aliphatic heterocycles. The Morgan fingerprint density at radius 3 is 2.11 bits per heavy atom. The van der Waals surface area contributed by atoms with Gasteiger partial charge in [0, 0.05) is 33.6 Å². The van der Waals surface area contributed by atoms with Crippen LogP contribution in [0.3, 0.4) is 0 Å². The third-order valence-corrected chi connectivity index (χ3v) is 7.34. The zero-order valence-corrected chi connectivity index (χ0v) is 12.8. The van der Waals surface area contributed by atoms with Gasteiger partial charge in [-0.25, -0.2) is 0 Å². The minimum atomic E-state index is -2.51. The molecule has 1 saturated carbocycles. The second-order valence-electron chi connectivity index (χ2n) is 5.21. The zero-order valence-electron chi connectivity index (χ0n) is 11.8. The van der Waals surface area contributed by atoms with Crippen LogP contribution in [-0.4, -0.2) is 47.2 Å². The van der Waals surface area contributed by atoms with E-state index in [2.05, 4.69) is 11.5 Å². The lowest BCUT2D eigenvalue weighted by Crippen LogP contribution is -2.50. The van der Waals surface area contributed by atoms with E-state index in [-0.39, 0.29) is 5.67 Å². The Hall–Kier alpha value is -0.363. The number of nitrogens with zero attached hydrogens (tertiary/aromatic N) is 1. The molecule has 2 aliphatic rings. The van der Waals surface area contributed by atoms with Gasteiger partial charge in [-0.05, 0) is 18.8 Å². The molecule has 5 heteroatoms. The minimum Gasteiger partial charge on any atom is -0.376 e. The maximum atomic E-state index is 5.54. The molecule has 0 amide bonds. The van der Waals surface area contributed by atoms with Gasteiger partial charge in [-0.1, -0.05) is 25.8 Å². The van der Waals surface area contributed by atoms with Gasteiger partial charge < -0.3 is 18.2 Å². The molecule has 4 nitrogen and oxygen atoms in total. The van der Waals surface area contributed by atoms with E-state index >= 15 is 0 Å². The van der Waals surface area contributed by atoms with Crippen LogP contribution in [0.5, 0.6) is 0 Å². The standard InChI is InChI=1S/C13H25NO3Si/c1-11(12-8-6-5-7-9-12)14-10-13(14)18(15-2,16-3)17-4/h12-13H,1,5-10H2,2-4H3. The molecular weight excluding hydrogens is 246 g/mol. The van der Waals surface area contributed by atoms with Crippen LogP contribution in [0.2, 0.25) is 0 Å². The van der Waals surface area contributed by atoms with Gasteiger partial charge in [-0.2, -0.15) is 0 Å². The monoisotopic (exact) mass is 271 g/mol. The molecule has 0 radical (unpaired) electrons. The summed E-state index contributed by atoms with van der Waals surface area (Å²) in [5.74, 6) is 0.654. The molecule has 0 aromatic rings. The van der Waals surface area contributed by atoms with Crippen LogP contribution in [-0.2, 0) is 13.3 Å². The average Bonchev–Trinajstić information content (AvgIpc) is 3.23. The van der Waals surface area contributed by atoms with Gasteiger partial charge in [-0.3, -0.25) is 0 Å². The normalized spacial score (nSPS) is 25.3. The van der Waals surface area contributed by atoms with Crippen molar-refractivity contribution in [3.63, 3.8) is 0 Å². The molecule has 0 bridgehead atoms. The van der Waals surface area contributed by atoms with Crippen LogP contribution in [0.1, 0.15) is 32.1 Å². The van der Waals surface area contributed by atoms with Gasteiger partial charge in [-0.15, -0.1) is 0 Å². The summed E-state index contributed by atoms with van der Waals surface area (Å²) in [7, 11) is 2.53. The third kappa shape index (κ3) is 2.50. The van der Waals surface area contributed by atoms with E-state index in [1.165, 1.54) is 37.8 Å². The van der Waals surface area contributed by atoms with E-state index in [1.54, 1.807) is 21.3 Å². The van der Waals surface area contributed by atoms with Crippen LogP contribution < -0.4 is 0 Å². The first-order valence-electron chi connectivity index (χ1n) is 6.79. The molecule has 1 unspecified atom stereocenters. The molecule has 1 aliphatic carbocycles. The number of hydrogen-bond acceptors (Lipinski definition) is 4. The molecule has 0 N–H and O–H groups in total. The van der Waals surface area contributed by atoms with Crippen molar-refractivity contribution in [2.45, 2.75) is 37.8 Å². The quantitative estimate of drug-likeness (QED) is 0.547. The second-order valence-corrected chi connectivity index (χ2v) is 8.31. The van der Waals surface area contributed by atoms with Gasteiger partial charge in [0.15, 0.2) is 0 Å². The molecule has 104 valence electrons. The lowest BCUT2D eigenvalue weighted by Gasteiger charge is -2.28. The highest BCUT2D eigenvalue weighted by atomic mass is 28.4. The summed E-state index contributed by atoms with van der Waals surface area (Å²) in [6.45, 7) is 5.26. The molecular formula is C13H25NO3Si. The summed E-state index contributed by atoms with van der Waals surface area (Å²) in [6, 6.07) is 0. The maximum absolute atomic E-state index is 5.54. The fourth-order valence-electron chi connectivity index (χ4n) is 3.09. The summed E-state index contributed by atoms with van der Waals surface area (Å²) in [5.41, 5.74) is 1.54. The Kier molecular flexibility index (Phi) is 4.48. The highest BCUT2D eigenvalue weighted by Gasteiger charge is 2.60. The van der Waals surface area contributed by atoms with Crippen molar-refractivity contribution in [2.75, 3.05) is 27.9 Å². The van der Waals surface area contributed by atoms with E-state index in [0.717, 1.165) is 6.54 Å². The molecule has 2 rings (SSSR count). The first-order chi connectivity index (χ1) is 8.68. The summed E-state index contributed by atoms with van der Waals surface area (Å²) >= 11 is 0. The minimum absolute atomic E-state index is 0.270. The lowest BCUT2D eigenvalue weighted by atomic mass is 9.87. The van der Waals surface area contributed by atoms with Gasteiger partial charge >= 0.3 is 8.80 Å². The summed E-state index contributed by atoms with van der Waals surface area (Å²) in [4.78, 5) is 2.32. The zero-order chi connectivity index (χ0) is 13.2. The second kappa shape index (κ2) is 5.73. The van der Waals surface area contributed by atoms with Crippen molar-refractivity contribution >= 4 is 8.80 Å². The molecule has 1 heterocycles. The fraction of sp³-hybridized carbons (Fsp3) is 0.846. The van der Waals surface area contributed by atoms with Gasteiger partial charge in [0.05, 0.1) is 0 Å². The van der Waals surface area contributed by atoms with E-state index in [0.29, 0.717) is 5.92 Å². The predicted octanol–water partition coefficient (Wildman–Crippen LogP) is 2.18. The van der Waals surface area contributed by atoms with E-state index in [9.17, 15) is 0 Å². The van der Waals surface area contributed by atoms with Crippen molar-refractivity contribution in [1.82, 2.24) is 4.90 Å². The average molecular weight is 271 g/mol. The molecule has 1 atom stereocenters. The van der Waals surface area contributed by atoms with Gasteiger partial charge in [0.25, 0.3) is 0 Å².